The van der Waals surface area contributed by atoms with Crippen LogP contribution in [-0.2, 0) is 4.74 Å². The maximum atomic E-state index is 5.80. The van der Waals surface area contributed by atoms with Crippen molar-refractivity contribution in [2.24, 2.45) is 0 Å². The van der Waals surface area contributed by atoms with Gasteiger partial charge in [-0.3, -0.25) is 9.88 Å². The van der Waals surface area contributed by atoms with E-state index in [4.69, 9.17) is 9.72 Å². The molecule has 1 saturated heterocycles. The van der Waals surface area contributed by atoms with Gasteiger partial charge in [-0.1, -0.05) is 6.07 Å². The molecular formula is C20H29N5O. The lowest BCUT2D eigenvalue weighted by Crippen LogP contribution is -2.50. The molecule has 3 rings (SSSR count). The lowest BCUT2D eigenvalue weighted by atomic mass is 10.1. The van der Waals surface area contributed by atoms with Gasteiger partial charge in [0.1, 0.15) is 11.5 Å². The van der Waals surface area contributed by atoms with Gasteiger partial charge in [-0.05, 0) is 39.8 Å². The monoisotopic (exact) mass is 355 g/mol. The van der Waals surface area contributed by atoms with Crippen molar-refractivity contribution in [3.05, 3.63) is 35.7 Å². The van der Waals surface area contributed by atoms with Gasteiger partial charge in [0.15, 0.2) is 5.82 Å². The van der Waals surface area contributed by atoms with Gasteiger partial charge in [0.05, 0.1) is 12.2 Å². The lowest BCUT2D eigenvalue weighted by molar-refractivity contribution is -0.0850. The van der Waals surface area contributed by atoms with Crippen LogP contribution in [0.15, 0.2) is 24.4 Å². The second-order valence-electron chi connectivity index (χ2n) is 7.60. The first-order chi connectivity index (χ1) is 12.4. The Bertz CT molecular complexity index is 747. The van der Waals surface area contributed by atoms with E-state index in [0.717, 1.165) is 55.6 Å². The second kappa shape index (κ2) is 7.68. The molecule has 1 aliphatic rings. The molecule has 0 radical (unpaired) electrons. The summed E-state index contributed by atoms with van der Waals surface area (Å²) >= 11 is 0. The second-order valence-corrected chi connectivity index (χ2v) is 7.60. The van der Waals surface area contributed by atoms with Crippen LogP contribution < -0.4 is 4.90 Å². The highest BCUT2D eigenvalue weighted by molar-refractivity contribution is 5.56. The molecule has 2 aromatic rings. The van der Waals surface area contributed by atoms with Crippen LogP contribution in [0.5, 0.6) is 0 Å². The first-order valence-corrected chi connectivity index (χ1v) is 9.20. The molecule has 26 heavy (non-hydrogen) atoms. The van der Waals surface area contributed by atoms with Crippen molar-refractivity contribution in [3.8, 4) is 11.5 Å². The number of anilines is 1. The Balaban J connectivity index is 1.74. The topological polar surface area (TPSA) is 54.4 Å². The number of hydrogen-bond donors (Lipinski definition) is 0. The van der Waals surface area contributed by atoms with E-state index in [0.29, 0.717) is 5.82 Å². The summed E-state index contributed by atoms with van der Waals surface area (Å²) in [6, 6.07) is 5.82. The minimum atomic E-state index is -0.0651. The largest absolute Gasteiger partial charge is 0.373 e. The SMILES string of the molecule is Cc1nc(-c2ccccn2)nc(N(C)CCN2CCOC(C)(C)C2)c1C. The number of nitrogens with zero attached hydrogens (tertiary/aromatic N) is 5. The van der Waals surface area contributed by atoms with Crippen molar-refractivity contribution in [2.75, 3.05) is 44.7 Å². The zero-order valence-corrected chi connectivity index (χ0v) is 16.5. The molecule has 6 heteroatoms. The molecule has 0 spiro atoms. The third-order valence-corrected chi connectivity index (χ3v) is 4.88. The summed E-state index contributed by atoms with van der Waals surface area (Å²) in [5.74, 6) is 1.66. The number of ether oxygens (including phenoxy) is 1. The summed E-state index contributed by atoms with van der Waals surface area (Å²) in [4.78, 5) is 18.5. The summed E-state index contributed by atoms with van der Waals surface area (Å²) in [6.07, 6.45) is 1.78. The number of rotatable bonds is 5. The zero-order chi connectivity index (χ0) is 18.7. The molecule has 0 atom stereocenters. The predicted octanol–water partition coefficient (Wildman–Crippen LogP) is 2.70. The van der Waals surface area contributed by atoms with Crippen LogP contribution in [0.25, 0.3) is 11.5 Å². The van der Waals surface area contributed by atoms with Crippen LogP contribution >= 0.6 is 0 Å². The van der Waals surface area contributed by atoms with Crippen LogP contribution in [0.1, 0.15) is 25.1 Å². The Morgan fingerprint density at radius 1 is 1.23 bits per heavy atom. The highest BCUT2D eigenvalue weighted by atomic mass is 16.5. The minimum absolute atomic E-state index is 0.0651. The molecule has 3 heterocycles. The third kappa shape index (κ3) is 4.37. The first-order valence-electron chi connectivity index (χ1n) is 9.20. The number of likely N-dealkylation sites (N-methyl/N-ethyl adjacent to an activating group) is 1. The quantitative estimate of drug-likeness (QED) is 0.822. The molecule has 0 N–H and O–H groups in total. The van der Waals surface area contributed by atoms with Crippen molar-refractivity contribution in [1.82, 2.24) is 19.9 Å². The maximum Gasteiger partial charge on any atom is 0.180 e. The molecule has 0 saturated carbocycles. The molecule has 2 aromatic heterocycles. The van der Waals surface area contributed by atoms with Crippen molar-refractivity contribution < 1.29 is 4.74 Å². The minimum Gasteiger partial charge on any atom is -0.373 e. The predicted molar refractivity (Wildman–Crippen MR) is 104 cm³/mol. The van der Waals surface area contributed by atoms with Gasteiger partial charge < -0.3 is 9.64 Å². The Labute approximate surface area is 156 Å². The van der Waals surface area contributed by atoms with Crippen molar-refractivity contribution in [2.45, 2.75) is 33.3 Å². The van der Waals surface area contributed by atoms with Gasteiger partial charge >= 0.3 is 0 Å². The smallest absolute Gasteiger partial charge is 0.180 e. The van der Waals surface area contributed by atoms with E-state index in [9.17, 15) is 0 Å². The summed E-state index contributed by atoms with van der Waals surface area (Å²) in [7, 11) is 2.10. The van der Waals surface area contributed by atoms with Gasteiger partial charge in [0.25, 0.3) is 0 Å². The molecule has 1 aliphatic heterocycles. The third-order valence-electron chi connectivity index (χ3n) is 4.88. The van der Waals surface area contributed by atoms with Crippen LogP contribution in [0.3, 0.4) is 0 Å². The van der Waals surface area contributed by atoms with Crippen LogP contribution in [0.4, 0.5) is 5.82 Å². The summed E-state index contributed by atoms with van der Waals surface area (Å²) < 4.78 is 5.80. The van der Waals surface area contributed by atoms with E-state index in [1.54, 1.807) is 6.20 Å². The van der Waals surface area contributed by atoms with E-state index in [2.05, 4.69) is 47.6 Å². The fourth-order valence-corrected chi connectivity index (χ4v) is 3.30. The fourth-order valence-electron chi connectivity index (χ4n) is 3.30. The van der Waals surface area contributed by atoms with E-state index >= 15 is 0 Å². The van der Waals surface area contributed by atoms with Gasteiger partial charge in [0.2, 0.25) is 0 Å². The van der Waals surface area contributed by atoms with E-state index in [1.807, 2.05) is 25.1 Å². The lowest BCUT2D eigenvalue weighted by Gasteiger charge is -2.38. The van der Waals surface area contributed by atoms with E-state index in [1.165, 1.54) is 0 Å². The number of aromatic nitrogens is 3. The Kier molecular flexibility index (Phi) is 5.53. The number of aryl methyl sites for hydroxylation is 1. The zero-order valence-electron chi connectivity index (χ0n) is 16.5. The number of morpholine rings is 1. The highest BCUT2D eigenvalue weighted by Gasteiger charge is 2.27. The average Bonchev–Trinajstić information content (AvgIpc) is 2.62. The van der Waals surface area contributed by atoms with Gasteiger partial charge in [-0.15, -0.1) is 0 Å². The Morgan fingerprint density at radius 3 is 2.73 bits per heavy atom. The normalized spacial score (nSPS) is 17.3. The van der Waals surface area contributed by atoms with Gasteiger partial charge in [-0.2, -0.15) is 0 Å². The van der Waals surface area contributed by atoms with E-state index in [-0.39, 0.29) is 5.60 Å². The fraction of sp³-hybridized carbons (Fsp3) is 0.550. The Morgan fingerprint density at radius 2 is 2.04 bits per heavy atom. The Hall–Kier alpha value is -2.05. The van der Waals surface area contributed by atoms with Crippen LogP contribution in [-0.4, -0.2) is 65.3 Å². The molecular weight excluding hydrogens is 326 g/mol. The van der Waals surface area contributed by atoms with Gasteiger partial charge in [-0.25, -0.2) is 9.97 Å². The van der Waals surface area contributed by atoms with Crippen molar-refractivity contribution in [3.63, 3.8) is 0 Å². The molecule has 0 aromatic carbocycles. The van der Waals surface area contributed by atoms with Crippen LogP contribution in [0, 0.1) is 13.8 Å². The summed E-state index contributed by atoms with van der Waals surface area (Å²) in [5.41, 5.74) is 2.86. The highest BCUT2D eigenvalue weighted by Crippen LogP contribution is 2.23. The molecule has 1 fully saturated rings. The summed E-state index contributed by atoms with van der Waals surface area (Å²) in [6.45, 7) is 13.1. The van der Waals surface area contributed by atoms with Crippen molar-refractivity contribution >= 4 is 5.82 Å². The molecule has 6 nitrogen and oxygen atoms in total. The number of hydrogen-bond acceptors (Lipinski definition) is 6. The molecule has 140 valence electrons. The van der Waals surface area contributed by atoms with Crippen LogP contribution in [0.2, 0.25) is 0 Å². The van der Waals surface area contributed by atoms with Gasteiger partial charge in [0, 0.05) is 50.7 Å². The molecule has 0 amide bonds. The standard InChI is InChI=1S/C20H29N5O/c1-15-16(2)22-18(17-8-6-7-9-21-17)23-19(15)24(5)10-11-25-12-13-26-20(3,4)14-25/h6-9H,10-14H2,1-5H3. The maximum absolute atomic E-state index is 5.80. The average molecular weight is 355 g/mol. The van der Waals surface area contributed by atoms with Crippen molar-refractivity contribution in [1.29, 1.82) is 0 Å². The van der Waals surface area contributed by atoms with E-state index < -0.39 is 0 Å². The molecule has 0 unspecified atom stereocenters. The molecule has 0 aliphatic carbocycles. The summed E-state index contributed by atoms with van der Waals surface area (Å²) in [5, 5.41) is 0. The number of pyridine rings is 1. The first kappa shape index (κ1) is 18.7. The molecule has 0 bridgehead atoms.